The maximum Gasteiger partial charge on any atom is 0.0759 e. The summed E-state index contributed by atoms with van der Waals surface area (Å²) >= 11 is 0. The number of rotatable bonds is 7. The van der Waals surface area contributed by atoms with E-state index in [1.54, 1.807) is 0 Å². The Bertz CT molecular complexity index is 348. The Morgan fingerprint density at radius 1 is 0.739 bits per heavy atom. The molecule has 2 atom stereocenters. The third kappa shape index (κ3) is 3.94. The molecular formula is C19H42N3P. The Labute approximate surface area is 147 Å². The van der Waals surface area contributed by atoms with E-state index >= 15 is 0 Å². The van der Waals surface area contributed by atoms with Crippen LogP contribution in [0.3, 0.4) is 0 Å². The van der Waals surface area contributed by atoms with E-state index < -0.39 is 0 Å². The summed E-state index contributed by atoms with van der Waals surface area (Å²) < 4.78 is 5.58. The molecule has 0 N–H and O–H groups in total. The van der Waals surface area contributed by atoms with E-state index in [9.17, 15) is 0 Å². The van der Waals surface area contributed by atoms with Crippen molar-refractivity contribution in [3.05, 3.63) is 0 Å². The highest BCUT2D eigenvalue weighted by molar-refractivity contribution is 7.55. The van der Waals surface area contributed by atoms with Crippen LogP contribution in [-0.2, 0) is 0 Å². The second kappa shape index (κ2) is 7.68. The van der Waals surface area contributed by atoms with Gasteiger partial charge in [0.25, 0.3) is 0 Å². The van der Waals surface area contributed by atoms with Gasteiger partial charge < -0.3 is 0 Å². The van der Waals surface area contributed by atoms with Gasteiger partial charge in [0.05, 0.1) is 14.0 Å². The Kier molecular flexibility index (Phi) is 7.13. The van der Waals surface area contributed by atoms with Gasteiger partial charge in [-0.1, -0.05) is 0 Å². The normalized spacial score (nSPS) is 25.7. The van der Waals surface area contributed by atoms with Crippen LogP contribution in [0.25, 0.3) is 0 Å². The summed E-state index contributed by atoms with van der Waals surface area (Å²) in [6.07, 6.45) is 0. The lowest BCUT2D eigenvalue weighted by Crippen LogP contribution is -2.72. The summed E-state index contributed by atoms with van der Waals surface area (Å²) in [5.41, 5.74) is 0.233. The third-order valence-corrected chi connectivity index (χ3v) is 9.07. The molecule has 1 saturated heterocycles. The molecule has 0 radical (unpaired) electrons. The van der Waals surface area contributed by atoms with Gasteiger partial charge in [-0.2, -0.15) is 0 Å². The van der Waals surface area contributed by atoms with Crippen LogP contribution in [0.1, 0.15) is 83.1 Å². The summed E-state index contributed by atoms with van der Waals surface area (Å²) in [5, 5.41) is 0. The molecule has 0 aromatic rings. The van der Waals surface area contributed by atoms with Crippen molar-refractivity contribution in [2.75, 3.05) is 0 Å². The second-order valence-electron chi connectivity index (χ2n) is 8.99. The fraction of sp³-hybridized carbons (Fsp3) is 1.00. The summed E-state index contributed by atoms with van der Waals surface area (Å²) in [4.78, 5) is 2.77. The van der Waals surface area contributed by atoms with Crippen LogP contribution >= 0.6 is 8.22 Å². The average molecular weight is 344 g/mol. The molecule has 0 spiro atoms. The van der Waals surface area contributed by atoms with E-state index in [1.807, 2.05) is 0 Å². The first kappa shape index (κ1) is 21.4. The molecule has 1 aliphatic heterocycles. The van der Waals surface area contributed by atoms with Crippen molar-refractivity contribution in [2.24, 2.45) is 0 Å². The largest absolute Gasteiger partial charge is 0.288 e. The van der Waals surface area contributed by atoms with E-state index in [0.717, 1.165) is 0 Å². The molecule has 3 nitrogen and oxygen atoms in total. The van der Waals surface area contributed by atoms with Gasteiger partial charge in [-0.15, -0.1) is 0 Å². The number of nitrogens with zero attached hydrogens (tertiary/aromatic N) is 3. The third-order valence-electron chi connectivity index (χ3n) is 4.92. The lowest BCUT2D eigenvalue weighted by Gasteiger charge is -2.69. The quantitative estimate of drug-likeness (QED) is 0.576. The Morgan fingerprint density at radius 3 is 1.39 bits per heavy atom. The van der Waals surface area contributed by atoms with Crippen molar-refractivity contribution < 1.29 is 0 Å². The fourth-order valence-electron chi connectivity index (χ4n) is 4.58. The molecule has 138 valence electrons. The van der Waals surface area contributed by atoms with Gasteiger partial charge in [-0.3, -0.25) is 14.2 Å². The van der Waals surface area contributed by atoms with E-state index in [0.29, 0.717) is 36.0 Å². The molecule has 0 aromatic heterocycles. The van der Waals surface area contributed by atoms with Crippen LogP contribution in [0.5, 0.6) is 0 Å². The molecule has 23 heavy (non-hydrogen) atoms. The first-order chi connectivity index (χ1) is 10.4. The first-order valence-electron chi connectivity index (χ1n) is 9.49. The Morgan fingerprint density at radius 2 is 1.13 bits per heavy atom. The van der Waals surface area contributed by atoms with E-state index in [4.69, 9.17) is 0 Å². The molecule has 1 aliphatic rings. The van der Waals surface area contributed by atoms with Crippen LogP contribution in [0, 0.1) is 0 Å². The minimum Gasteiger partial charge on any atom is -0.288 e. The lowest BCUT2D eigenvalue weighted by molar-refractivity contribution is 0.00502. The Balaban J connectivity index is 3.33. The molecule has 2 unspecified atom stereocenters. The van der Waals surface area contributed by atoms with Crippen LogP contribution in [0.2, 0.25) is 0 Å². The Hall–Kier alpha value is 0.310. The maximum absolute atomic E-state index is 2.80. The molecule has 4 heteroatoms. The number of hydrogen-bond donors (Lipinski definition) is 0. The second-order valence-corrected chi connectivity index (χ2v) is 11.0. The van der Waals surface area contributed by atoms with Crippen LogP contribution in [0.15, 0.2) is 0 Å². The van der Waals surface area contributed by atoms with E-state index in [2.05, 4.69) is 97.3 Å². The predicted octanol–water partition coefficient (Wildman–Crippen LogP) is 5.36. The zero-order chi connectivity index (χ0) is 18.3. The molecule has 0 aromatic carbocycles. The zero-order valence-electron chi connectivity index (χ0n) is 17.8. The first-order valence-corrected chi connectivity index (χ1v) is 10.8. The summed E-state index contributed by atoms with van der Waals surface area (Å²) in [5.74, 6) is 0.629. The van der Waals surface area contributed by atoms with Crippen molar-refractivity contribution in [3.63, 3.8) is 0 Å². The van der Waals surface area contributed by atoms with Gasteiger partial charge in [0.2, 0.25) is 0 Å². The van der Waals surface area contributed by atoms with Gasteiger partial charge in [0.15, 0.2) is 0 Å². The monoisotopic (exact) mass is 343 g/mol. The molecule has 1 fully saturated rings. The minimum absolute atomic E-state index is 0.233. The SMILES string of the molecule is CC(C)N(C(C)C)C1P(N(C(C)C)C(C)C)N(C(C)C)C1(C)C. The highest BCUT2D eigenvalue weighted by Gasteiger charge is 2.61. The van der Waals surface area contributed by atoms with E-state index in [-0.39, 0.29) is 13.8 Å². The van der Waals surface area contributed by atoms with Crippen molar-refractivity contribution >= 4 is 8.22 Å². The standard InChI is InChI=1S/C19H42N3P/c1-13(2)20(14(3)4)18-19(11,12)22(17(9)10)23(18)21(15(5)6)16(7)8/h13-18H,1-12H3. The highest BCUT2D eigenvalue weighted by Crippen LogP contribution is 2.69. The fourth-order valence-corrected chi connectivity index (χ4v) is 8.63. The topological polar surface area (TPSA) is 9.72 Å². The lowest BCUT2D eigenvalue weighted by atomic mass is 9.99. The van der Waals surface area contributed by atoms with Gasteiger partial charge in [-0.25, -0.2) is 0 Å². The average Bonchev–Trinajstić information content (AvgIpc) is 2.32. The van der Waals surface area contributed by atoms with Crippen LogP contribution in [0.4, 0.5) is 0 Å². The van der Waals surface area contributed by atoms with Crippen molar-refractivity contribution in [3.8, 4) is 0 Å². The molecule has 0 bridgehead atoms. The highest BCUT2D eigenvalue weighted by atomic mass is 31.1. The van der Waals surface area contributed by atoms with Gasteiger partial charge >= 0.3 is 0 Å². The van der Waals surface area contributed by atoms with Gasteiger partial charge in [-0.05, 0) is 83.1 Å². The molecule has 0 saturated carbocycles. The summed E-state index contributed by atoms with van der Waals surface area (Å²) in [6, 6.07) is 2.93. The van der Waals surface area contributed by atoms with Crippen molar-refractivity contribution in [1.82, 2.24) is 14.2 Å². The van der Waals surface area contributed by atoms with Gasteiger partial charge in [0.1, 0.15) is 0 Å². The van der Waals surface area contributed by atoms with E-state index in [1.165, 1.54) is 0 Å². The maximum atomic E-state index is 2.80. The van der Waals surface area contributed by atoms with Crippen molar-refractivity contribution in [2.45, 2.75) is 125 Å². The van der Waals surface area contributed by atoms with Crippen LogP contribution in [-0.4, -0.2) is 55.8 Å². The predicted molar refractivity (Wildman–Crippen MR) is 106 cm³/mol. The summed E-state index contributed by atoms with van der Waals surface area (Å²) in [7, 11) is -0.306. The molecule has 0 amide bonds. The minimum atomic E-state index is -0.306. The number of hydrogen-bond acceptors (Lipinski definition) is 3. The van der Waals surface area contributed by atoms with Gasteiger partial charge in [0, 0.05) is 35.7 Å². The molecular weight excluding hydrogens is 301 g/mol. The van der Waals surface area contributed by atoms with Crippen LogP contribution < -0.4 is 0 Å². The molecule has 0 aliphatic carbocycles. The zero-order valence-corrected chi connectivity index (χ0v) is 18.6. The molecule has 1 heterocycles. The summed E-state index contributed by atoms with van der Waals surface area (Å²) in [6.45, 7) is 28.5. The molecule has 1 rings (SSSR count). The smallest absolute Gasteiger partial charge is 0.0759 e. The van der Waals surface area contributed by atoms with Crippen molar-refractivity contribution in [1.29, 1.82) is 0 Å².